The minimum absolute atomic E-state index is 0.0225. The van der Waals surface area contributed by atoms with Gasteiger partial charge in [-0.05, 0) is 18.6 Å². The predicted octanol–water partition coefficient (Wildman–Crippen LogP) is 2.71. The van der Waals surface area contributed by atoms with E-state index >= 15 is 0 Å². The van der Waals surface area contributed by atoms with E-state index in [0.29, 0.717) is 5.56 Å². The second-order valence-corrected chi connectivity index (χ2v) is 5.84. The number of hydrogen-bond donors (Lipinski definition) is 1. The maximum Gasteiger partial charge on any atom is 0.251 e. The maximum atomic E-state index is 12.3. The lowest BCUT2D eigenvalue weighted by Gasteiger charge is -2.20. The maximum absolute atomic E-state index is 12.3. The summed E-state index contributed by atoms with van der Waals surface area (Å²) in [5.74, 6) is 1.51. The topological polar surface area (TPSA) is 50.8 Å². The van der Waals surface area contributed by atoms with Gasteiger partial charge in [0.1, 0.15) is 11.5 Å². The minimum Gasteiger partial charge on any atom is -0.497 e. The summed E-state index contributed by atoms with van der Waals surface area (Å²) in [5.41, 5.74) is 1.74. The van der Waals surface area contributed by atoms with E-state index < -0.39 is 0 Å². The number of benzene rings is 2. The van der Waals surface area contributed by atoms with Crippen LogP contribution in [0.1, 0.15) is 16.8 Å². The van der Waals surface area contributed by atoms with Gasteiger partial charge in [0.15, 0.2) is 0 Å². The fourth-order valence-corrected chi connectivity index (χ4v) is 2.95. The van der Waals surface area contributed by atoms with Crippen LogP contribution in [-0.4, -0.2) is 39.3 Å². The van der Waals surface area contributed by atoms with Crippen LogP contribution in [0.5, 0.6) is 11.5 Å². The Hall–Kier alpha value is -2.69. The fourth-order valence-electron chi connectivity index (χ4n) is 2.95. The molecule has 1 aliphatic heterocycles. The first-order chi connectivity index (χ1) is 11.7. The molecule has 1 atom stereocenters. The first kappa shape index (κ1) is 16.2. The quantitative estimate of drug-likeness (QED) is 0.918. The highest BCUT2D eigenvalue weighted by Crippen LogP contribution is 2.30. The number of nitrogens with one attached hydrogen (secondary N) is 1. The lowest BCUT2D eigenvalue weighted by atomic mass is 10.2. The molecule has 0 saturated carbocycles. The van der Waals surface area contributed by atoms with Crippen molar-refractivity contribution in [1.29, 1.82) is 0 Å². The summed E-state index contributed by atoms with van der Waals surface area (Å²) in [6.45, 7) is 1.66. The number of nitrogens with zero attached hydrogens (tertiary/aromatic N) is 1. The lowest BCUT2D eigenvalue weighted by molar-refractivity contribution is 0.0940. The molecule has 1 unspecified atom stereocenters. The Kier molecular flexibility index (Phi) is 4.89. The van der Waals surface area contributed by atoms with E-state index in [0.717, 1.165) is 36.7 Å². The Morgan fingerprint density at radius 1 is 1.08 bits per heavy atom. The standard InChI is InChI=1S/C19H22N2O3/c1-23-17-10-16(11-18(12-17)24-2)21-9-8-15(13-21)20-19(22)14-6-4-3-5-7-14/h3-7,10-12,15H,8-9,13H2,1-2H3,(H,20,22). The third-order valence-corrected chi connectivity index (χ3v) is 4.26. The summed E-state index contributed by atoms with van der Waals surface area (Å²) >= 11 is 0. The molecule has 2 aromatic rings. The Labute approximate surface area is 142 Å². The van der Waals surface area contributed by atoms with Crippen molar-refractivity contribution in [3.8, 4) is 11.5 Å². The molecule has 126 valence electrons. The van der Waals surface area contributed by atoms with Crippen LogP contribution in [0.25, 0.3) is 0 Å². The van der Waals surface area contributed by atoms with Crippen molar-refractivity contribution in [2.24, 2.45) is 0 Å². The number of hydrogen-bond acceptors (Lipinski definition) is 4. The Morgan fingerprint density at radius 3 is 2.38 bits per heavy atom. The van der Waals surface area contributed by atoms with Crippen molar-refractivity contribution in [3.05, 3.63) is 54.1 Å². The first-order valence-electron chi connectivity index (χ1n) is 8.03. The second kappa shape index (κ2) is 7.25. The molecule has 0 bridgehead atoms. The number of methoxy groups -OCH3 is 2. The third kappa shape index (κ3) is 3.62. The monoisotopic (exact) mass is 326 g/mol. The zero-order chi connectivity index (χ0) is 16.9. The van der Waals surface area contributed by atoms with Crippen LogP contribution in [0.15, 0.2) is 48.5 Å². The van der Waals surface area contributed by atoms with Gasteiger partial charge in [-0.3, -0.25) is 4.79 Å². The molecule has 5 nitrogen and oxygen atoms in total. The number of rotatable bonds is 5. The van der Waals surface area contributed by atoms with Crippen LogP contribution in [0.3, 0.4) is 0 Å². The van der Waals surface area contributed by atoms with Crippen LogP contribution in [-0.2, 0) is 0 Å². The molecule has 5 heteroatoms. The van der Waals surface area contributed by atoms with Crippen LogP contribution in [0, 0.1) is 0 Å². The van der Waals surface area contributed by atoms with Crippen molar-refractivity contribution < 1.29 is 14.3 Å². The lowest BCUT2D eigenvalue weighted by Crippen LogP contribution is -2.37. The summed E-state index contributed by atoms with van der Waals surface area (Å²) in [7, 11) is 3.29. The molecule has 24 heavy (non-hydrogen) atoms. The van der Waals surface area contributed by atoms with E-state index in [4.69, 9.17) is 9.47 Å². The average molecular weight is 326 g/mol. The van der Waals surface area contributed by atoms with Gasteiger partial charge in [0.25, 0.3) is 5.91 Å². The van der Waals surface area contributed by atoms with Crippen LogP contribution < -0.4 is 19.7 Å². The van der Waals surface area contributed by atoms with E-state index in [2.05, 4.69) is 10.2 Å². The van der Waals surface area contributed by atoms with Crippen molar-refractivity contribution in [2.75, 3.05) is 32.2 Å². The third-order valence-electron chi connectivity index (χ3n) is 4.26. The molecule has 1 aliphatic rings. The Bertz CT molecular complexity index is 681. The zero-order valence-corrected chi connectivity index (χ0v) is 14.0. The minimum atomic E-state index is -0.0225. The van der Waals surface area contributed by atoms with E-state index in [-0.39, 0.29) is 11.9 Å². The zero-order valence-electron chi connectivity index (χ0n) is 14.0. The Morgan fingerprint density at radius 2 is 1.75 bits per heavy atom. The summed E-state index contributed by atoms with van der Waals surface area (Å²) in [6, 6.07) is 15.3. The molecule has 0 aromatic heterocycles. The molecule has 1 heterocycles. The van der Waals surface area contributed by atoms with Gasteiger partial charge in [-0.25, -0.2) is 0 Å². The highest BCUT2D eigenvalue weighted by molar-refractivity contribution is 5.94. The largest absolute Gasteiger partial charge is 0.497 e. The molecule has 0 radical (unpaired) electrons. The van der Waals surface area contributed by atoms with E-state index in [1.807, 2.05) is 48.5 Å². The van der Waals surface area contributed by atoms with Crippen LogP contribution >= 0.6 is 0 Å². The number of carbonyl (C=O) groups excluding carboxylic acids is 1. The highest BCUT2D eigenvalue weighted by atomic mass is 16.5. The van der Waals surface area contributed by atoms with Crippen LogP contribution in [0.2, 0.25) is 0 Å². The van der Waals surface area contributed by atoms with E-state index in [1.54, 1.807) is 14.2 Å². The molecular weight excluding hydrogens is 304 g/mol. The van der Waals surface area contributed by atoms with Gasteiger partial charge in [-0.15, -0.1) is 0 Å². The van der Waals surface area contributed by atoms with Gasteiger partial charge in [-0.1, -0.05) is 18.2 Å². The highest BCUT2D eigenvalue weighted by Gasteiger charge is 2.25. The van der Waals surface area contributed by atoms with Gasteiger partial charge in [0.05, 0.1) is 14.2 Å². The predicted molar refractivity (Wildman–Crippen MR) is 94.1 cm³/mol. The smallest absolute Gasteiger partial charge is 0.251 e. The van der Waals surface area contributed by atoms with Crippen molar-refractivity contribution in [3.63, 3.8) is 0 Å². The van der Waals surface area contributed by atoms with Gasteiger partial charge >= 0.3 is 0 Å². The fraction of sp³-hybridized carbons (Fsp3) is 0.316. The van der Waals surface area contributed by atoms with Gasteiger partial charge < -0.3 is 19.7 Å². The number of amides is 1. The summed E-state index contributed by atoms with van der Waals surface area (Å²) in [6.07, 6.45) is 0.915. The summed E-state index contributed by atoms with van der Waals surface area (Å²) in [4.78, 5) is 14.5. The molecule has 1 N–H and O–H groups in total. The molecule has 1 fully saturated rings. The molecule has 1 amide bonds. The molecule has 1 saturated heterocycles. The van der Waals surface area contributed by atoms with Gasteiger partial charge in [0, 0.05) is 48.6 Å². The summed E-state index contributed by atoms with van der Waals surface area (Å²) < 4.78 is 10.7. The molecule has 0 aliphatic carbocycles. The average Bonchev–Trinajstić information content (AvgIpc) is 3.10. The second-order valence-electron chi connectivity index (χ2n) is 5.84. The molecular formula is C19H22N2O3. The van der Waals surface area contributed by atoms with Gasteiger partial charge in [-0.2, -0.15) is 0 Å². The van der Waals surface area contributed by atoms with E-state index in [1.165, 1.54) is 0 Å². The number of ether oxygens (including phenoxy) is 2. The Balaban J connectivity index is 1.66. The molecule has 3 rings (SSSR count). The van der Waals surface area contributed by atoms with E-state index in [9.17, 15) is 4.79 Å². The summed E-state index contributed by atoms with van der Waals surface area (Å²) in [5, 5.41) is 3.11. The SMILES string of the molecule is COc1cc(OC)cc(N2CCC(NC(=O)c3ccccc3)C2)c1. The normalized spacial score (nSPS) is 16.8. The first-order valence-corrected chi connectivity index (χ1v) is 8.03. The van der Waals surface area contributed by atoms with Gasteiger partial charge in [0.2, 0.25) is 0 Å². The van der Waals surface area contributed by atoms with Crippen molar-refractivity contribution in [2.45, 2.75) is 12.5 Å². The molecule has 0 spiro atoms. The molecule has 2 aromatic carbocycles. The number of carbonyl (C=O) groups is 1. The van der Waals surface area contributed by atoms with Crippen LogP contribution in [0.4, 0.5) is 5.69 Å². The number of anilines is 1. The van der Waals surface area contributed by atoms with Crippen molar-refractivity contribution in [1.82, 2.24) is 5.32 Å². The van der Waals surface area contributed by atoms with Crippen molar-refractivity contribution >= 4 is 11.6 Å².